The van der Waals surface area contributed by atoms with Crippen LogP contribution in [0.15, 0.2) is 54.0 Å². The van der Waals surface area contributed by atoms with Crippen molar-refractivity contribution in [3.63, 3.8) is 0 Å². The quantitative estimate of drug-likeness (QED) is 0.157. The lowest BCUT2D eigenvalue weighted by molar-refractivity contribution is -0.118. The number of aliphatic imine (C=N–C) groups is 1. The van der Waals surface area contributed by atoms with Crippen LogP contribution >= 0.6 is 11.6 Å². The number of ketones is 1. The summed E-state index contributed by atoms with van der Waals surface area (Å²) < 4.78 is 2.95. The monoisotopic (exact) mass is 650 g/mol. The van der Waals surface area contributed by atoms with Gasteiger partial charge in [0.2, 0.25) is 12.2 Å². The number of hydrogen-bond acceptors (Lipinski definition) is 9. The molecule has 1 saturated heterocycles. The molecule has 2 aromatic carbocycles. The fourth-order valence-corrected chi connectivity index (χ4v) is 7.13. The molecule has 1 aliphatic heterocycles. The number of nitrogens with one attached hydrogen (secondary N) is 1. The summed E-state index contributed by atoms with van der Waals surface area (Å²) in [7, 11) is 4.04. The highest BCUT2D eigenvalue weighted by Gasteiger charge is 2.49. The van der Waals surface area contributed by atoms with Gasteiger partial charge in [0.15, 0.2) is 5.78 Å². The zero-order chi connectivity index (χ0) is 33.5. The standard InChI is InChI=1S/C29H32ClN7O.C5H3N3O/c1-16-10-21-20(15-32-35-21)26(27(16)30)25(28(31)18-6-7-23-19(11-18)14-33-37(23)4)17(2)34-22-12-29(13-24(22)38)8-5-9-36(29)3;6-3-5-7-1-2-8(5)4-9/h6-7,10-11,14-15,22H,5,8-9,12-13,31H2,1-4H3,(H,32,35);1-2,4H/b28-25+,34-17?;. The van der Waals surface area contributed by atoms with E-state index in [4.69, 9.17) is 27.6 Å². The highest BCUT2D eigenvalue weighted by atomic mass is 35.5. The summed E-state index contributed by atoms with van der Waals surface area (Å²) >= 11 is 6.99. The molecule has 4 heterocycles. The number of fused-ring (bicyclic) bond motifs is 2. The van der Waals surface area contributed by atoms with Gasteiger partial charge < -0.3 is 10.6 Å². The van der Waals surface area contributed by atoms with Crippen molar-refractivity contribution in [3.8, 4) is 6.07 Å². The number of aromatic nitrogens is 6. The number of hydrogen-bond donors (Lipinski definition) is 2. The van der Waals surface area contributed by atoms with Crippen LogP contribution in [0.2, 0.25) is 5.02 Å². The molecule has 1 aliphatic carbocycles. The molecule has 13 heteroatoms. The molecule has 2 unspecified atom stereocenters. The van der Waals surface area contributed by atoms with E-state index in [2.05, 4.69) is 32.2 Å². The summed E-state index contributed by atoms with van der Waals surface area (Å²) in [4.78, 5) is 34.2. The number of Topliss-reactive ketones (excluding diaryl/α,β-unsaturated/α-hetero) is 1. The van der Waals surface area contributed by atoms with Gasteiger partial charge in [-0.25, -0.2) is 4.98 Å². The zero-order valence-electron chi connectivity index (χ0n) is 26.7. The second-order valence-electron chi connectivity index (χ2n) is 12.2. The number of carbonyl (C=O) groups excluding carboxylic acids is 2. The molecule has 47 heavy (non-hydrogen) atoms. The Labute approximate surface area is 276 Å². The maximum Gasteiger partial charge on any atom is 0.220 e. The van der Waals surface area contributed by atoms with Gasteiger partial charge in [0.25, 0.3) is 0 Å². The number of aryl methyl sites for hydroxylation is 2. The summed E-state index contributed by atoms with van der Waals surface area (Å²) in [6, 6.07) is 9.37. The highest BCUT2D eigenvalue weighted by Crippen LogP contribution is 2.43. The third kappa shape index (κ3) is 5.73. The van der Waals surface area contributed by atoms with E-state index < -0.39 is 6.04 Å². The van der Waals surface area contributed by atoms with Gasteiger partial charge in [-0.15, -0.1) is 0 Å². The maximum atomic E-state index is 13.2. The van der Waals surface area contributed by atoms with Crippen molar-refractivity contribution >= 4 is 62.6 Å². The summed E-state index contributed by atoms with van der Waals surface area (Å²) in [6.45, 7) is 4.93. The Balaban J connectivity index is 0.000000373. The molecule has 1 saturated carbocycles. The Morgan fingerprint density at radius 1 is 1.28 bits per heavy atom. The fraction of sp³-hybridized carbons (Fsp3) is 0.324. The topological polar surface area (TPSA) is 164 Å². The van der Waals surface area contributed by atoms with Crippen LogP contribution in [0.5, 0.6) is 0 Å². The summed E-state index contributed by atoms with van der Waals surface area (Å²) in [5, 5.41) is 22.4. The van der Waals surface area contributed by atoms with E-state index in [9.17, 15) is 9.59 Å². The van der Waals surface area contributed by atoms with E-state index in [-0.39, 0.29) is 17.1 Å². The minimum absolute atomic E-state index is 0.0783. The maximum absolute atomic E-state index is 13.2. The van der Waals surface area contributed by atoms with Gasteiger partial charge in [-0.3, -0.25) is 28.9 Å². The second kappa shape index (κ2) is 12.6. The van der Waals surface area contributed by atoms with Crippen molar-refractivity contribution in [3.05, 3.63) is 76.6 Å². The summed E-state index contributed by atoms with van der Waals surface area (Å²) in [5.41, 5.74) is 13.3. The van der Waals surface area contributed by atoms with Crippen LogP contribution in [0.1, 0.15) is 55.1 Å². The molecule has 2 fully saturated rings. The van der Waals surface area contributed by atoms with E-state index in [0.29, 0.717) is 29.3 Å². The Bertz CT molecular complexity index is 2130. The molecule has 0 bridgehead atoms. The van der Waals surface area contributed by atoms with E-state index >= 15 is 0 Å². The number of H-pyrrole nitrogens is 1. The van der Waals surface area contributed by atoms with Crippen LogP contribution in [-0.4, -0.2) is 77.5 Å². The van der Waals surface area contributed by atoms with Crippen molar-refractivity contribution in [2.75, 3.05) is 13.6 Å². The number of aromatic amines is 1. The number of imidazole rings is 1. The van der Waals surface area contributed by atoms with E-state index in [1.165, 1.54) is 12.4 Å². The van der Waals surface area contributed by atoms with E-state index in [1.807, 2.05) is 56.0 Å². The number of nitrogens with two attached hydrogens (primary N) is 1. The number of rotatable bonds is 5. The molecule has 1 spiro atoms. The van der Waals surface area contributed by atoms with Gasteiger partial charge in [0.05, 0.1) is 28.4 Å². The van der Waals surface area contributed by atoms with Gasteiger partial charge in [-0.1, -0.05) is 17.7 Å². The van der Waals surface area contributed by atoms with Gasteiger partial charge in [0, 0.05) is 64.7 Å². The van der Waals surface area contributed by atoms with Crippen molar-refractivity contribution in [2.45, 2.75) is 51.1 Å². The fourth-order valence-electron chi connectivity index (χ4n) is 6.87. The van der Waals surface area contributed by atoms with Gasteiger partial charge in [-0.2, -0.15) is 15.5 Å². The first-order valence-electron chi connectivity index (χ1n) is 15.3. The average Bonchev–Trinajstić information content (AvgIpc) is 3.90. The van der Waals surface area contributed by atoms with Crippen molar-refractivity contribution in [2.24, 2.45) is 17.8 Å². The third-order valence-electron chi connectivity index (χ3n) is 9.43. The molecular weight excluding hydrogens is 616 g/mol. The first-order chi connectivity index (χ1) is 22.6. The minimum Gasteiger partial charge on any atom is -0.398 e. The smallest absolute Gasteiger partial charge is 0.220 e. The van der Waals surface area contributed by atoms with Gasteiger partial charge >= 0.3 is 0 Å². The first-order valence-corrected chi connectivity index (χ1v) is 15.7. The average molecular weight is 651 g/mol. The summed E-state index contributed by atoms with van der Waals surface area (Å²) in [5.74, 6) is 0.307. The van der Waals surface area contributed by atoms with Gasteiger partial charge in [-0.05, 0) is 76.0 Å². The minimum atomic E-state index is -0.400. The number of halogens is 1. The lowest BCUT2D eigenvalue weighted by Gasteiger charge is -2.31. The van der Waals surface area contributed by atoms with Gasteiger partial charge in [0.1, 0.15) is 12.1 Å². The van der Waals surface area contributed by atoms with Crippen LogP contribution < -0.4 is 5.73 Å². The SMILES string of the molecule is CC(=NC1CC2(CCCN2C)CC1=O)/C(=C(\N)c1ccc2c(cnn2C)c1)c1c(Cl)c(C)cc2[nH]ncc12.N#Cc1nccn1C=O. The van der Waals surface area contributed by atoms with Crippen LogP contribution in [0, 0.1) is 18.3 Å². The Morgan fingerprint density at radius 3 is 2.79 bits per heavy atom. The molecule has 3 aromatic heterocycles. The predicted octanol–water partition coefficient (Wildman–Crippen LogP) is 4.69. The first kappa shape index (κ1) is 31.8. The number of allylic oxidation sites excluding steroid dienone is 1. The van der Waals surface area contributed by atoms with Crippen molar-refractivity contribution < 1.29 is 9.59 Å². The van der Waals surface area contributed by atoms with E-state index in [0.717, 1.165) is 74.4 Å². The number of benzene rings is 2. The number of nitriles is 1. The Hall–Kier alpha value is -5.12. The molecule has 2 atom stereocenters. The molecule has 2 aliphatic rings. The molecule has 3 N–H and O–H groups in total. The van der Waals surface area contributed by atoms with Crippen LogP contribution in [0.4, 0.5) is 0 Å². The van der Waals surface area contributed by atoms with E-state index in [1.54, 1.807) is 12.3 Å². The normalized spacial score (nSPS) is 20.5. The lowest BCUT2D eigenvalue weighted by atomic mass is 9.91. The van der Waals surface area contributed by atoms with Crippen LogP contribution in [0.3, 0.4) is 0 Å². The number of carbonyl (C=O) groups is 2. The lowest BCUT2D eigenvalue weighted by Crippen LogP contribution is -2.39. The Kier molecular flexibility index (Phi) is 8.53. The molecular formula is C34H35ClN10O2. The van der Waals surface area contributed by atoms with Crippen LogP contribution in [-0.2, 0) is 16.6 Å². The third-order valence-corrected chi connectivity index (χ3v) is 9.92. The molecule has 0 amide bonds. The van der Waals surface area contributed by atoms with Crippen molar-refractivity contribution in [1.29, 1.82) is 5.26 Å². The van der Waals surface area contributed by atoms with Crippen LogP contribution in [0.25, 0.3) is 33.1 Å². The highest BCUT2D eigenvalue weighted by molar-refractivity contribution is 6.40. The zero-order valence-corrected chi connectivity index (χ0v) is 27.4. The second-order valence-corrected chi connectivity index (χ2v) is 12.6. The predicted molar refractivity (Wildman–Crippen MR) is 182 cm³/mol. The Morgan fingerprint density at radius 2 is 2.09 bits per heavy atom. The molecule has 7 rings (SSSR count). The van der Waals surface area contributed by atoms with Crippen molar-refractivity contribution in [1.82, 2.24) is 34.4 Å². The molecule has 240 valence electrons. The summed E-state index contributed by atoms with van der Waals surface area (Å²) in [6.07, 6.45) is 10.4. The number of likely N-dealkylation sites (tertiary alicyclic amines) is 1. The number of nitrogens with zero attached hydrogens (tertiary/aromatic N) is 8. The molecule has 5 aromatic rings. The molecule has 0 radical (unpaired) electrons. The largest absolute Gasteiger partial charge is 0.398 e. The molecule has 12 nitrogen and oxygen atoms in total.